The van der Waals surface area contributed by atoms with Crippen LogP contribution >= 0.6 is 22.7 Å². The lowest BCUT2D eigenvalue weighted by molar-refractivity contribution is 0.573. The molecule has 0 N–H and O–H groups in total. The zero-order chi connectivity index (χ0) is 10.2. The van der Waals surface area contributed by atoms with Crippen LogP contribution in [0.5, 0.6) is 0 Å². The third-order valence-corrected chi connectivity index (χ3v) is 3.70. The van der Waals surface area contributed by atoms with Crippen LogP contribution < -0.4 is 0 Å². The van der Waals surface area contributed by atoms with Crippen LogP contribution in [0.4, 0.5) is 0 Å². The zero-order valence-corrected chi connectivity index (χ0v) is 10.1. The molecule has 0 saturated heterocycles. The Bertz CT molecular complexity index is 410. The van der Waals surface area contributed by atoms with Crippen molar-refractivity contribution in [2.24, 2.45) is 0 Å². The number of hydrogen-bond acceptors (Lipinski definition) is 4. The maximum absolute atomic E-state index is 4.61. The van der Waals surface area contributed by atoms with Gasteiger partial charge in [-0.1, -0.05) is 20.8 Å². The van der Waals surface area contributed by atoms with Gasteiger partial charge in [-0.15, -0.1) is 22.7 Å². The Hall–Kier alpha value is -0.740. The minimum absolute atomic E-state index is 0.138. The highest BCUT2D eigenvalue weighted by Crippen LogP contribution is 2.31. The van der Waals surface area contributed by atoms with Gasteiger partial charge in [0.05, 0.1) is 16.1 Å². The summed E-state index contributed by atoms with van der Waals surface area (Å²) in [6, 6.07) is 0. The summed E-state index contributed by atoms with van der Waals surface area (Å²) in [6.45, 7) is 6.54. The van der Waals surface area contributed by atoms with Crippen molar-refractivity contribution in [2.45, 2.75) is 26.2 Å². The average Bonchev–Trinajstić information content (AvgIpc) is 2.73. The standard InChI is InChI=1S/C10H12N2S2/c1-10(2,3)8-5-13-9(12-8)7-4-11-6-14-7/h4-6H,1-3H3. The average molecular weight is 224 g/mol. The van der Waals surface area contributed by atoms with Gasteiger partial charge >= 0.3 is 0 Å². The summed E-state index contributed by atoms with van der Waals surface area (Å²) in [5.41, 5.74) is 3.14. The van der Waals surface area contributed by atoms with Crippen LogP contribution in [0.2, 0.25) is 0 Å². The number of aromatic nitrogens is 2. The minimum Gasteiger partial charge on any atom is -0.252 e. The molecule has 2 heterocycles. The molecule has 0 unspecified atom stereocenters. The van der Waals surface area contributed by atoms with Gasteiger partial charge in [-0.25, -0.2) is 4.98 Å². The molecule has 0 aliphatic heterocycles. The van der Waals surface area contributed by atoms with E-state index in [1.807, 2.05) is 11.7 Å². The van der Waals surface area contributed by atoms with Crippen molar-refractivity contribution in [3.05, 3.63) is 22.8 Å². The van der Waals surface area contributed by atoms with Crippen molar-refractivity contribution in [3.63, 3.8) is 0 Å². The number of thiazole rings is 2. The normalized spacial score (nSPS) is 11.9. The second-order valence-corrected chi connectivity index (χ2v) is 5.90. The summed E-state index contributed by atoms with van der Waals surface area (Å²) in [4.78, 5) is 9.83. The minimum atomic E-state index is 0.138. The number of nitrogens with zero attached hydrogens (tertiary/aromatic N) is 2. The number of rotatable bonds is 1. The highest BCUT2D eigenvalue weighted by Gasteiger charge is 2.18. The Morgan fingerprint density at radius 1 is 1.21 bits per heavy atom. The molecule has 0 amide bonds. The van der Waals surface area contributed by atoms with Crippen LogP contribution in [-0.4, -0.2) is 9.97 Å². The molecule has 2 nitrogen and oxygen atoms in total. The monoisotopic (exact) mass is 224 g/mol. The van der Waals surface area contributed by atoms with Gasteiger partial charge in [0.15, 0.2) is 0 Å². The van der Waals surface area contributed by atoms with Crippen LogP contribution in [0.15, 0.2) is 17.1 Å². The molecule has 14 heavy (non-hydrogen) atoms. The Morgan fingerprint density at radius 2 is 2.00 bits per heavy atom. The van der Waals surface area contributed by atoms with Gasteiger partial charge in [0.25, 0.3) is 0 Å². The Kier molecular flexibility index (Phi) is 2.41. The zero-order valence-electron chi connectivity index (χ0n) is 8.44. The highest BCUT2D eigenvalue weighted by molar-refractivity contribution is 7.19. The smallest absolute Gasteiger partial charge is 0.135 e. The predicted molar refractivity (Wildman–Crippen MR) is 61.9 cm³/mol. The van der Waals surface area contributed by atoms with E-state index in [0.29, 0.717) is 0 Å². The molecule has 2 aromatic rings. The molecule has 0 bridgehead atoms. The topological polar surface area (TPSA) is 25.8 Å². The largest absolute Gasteiger partial charge is 0.252 e. The SMILES string of the molecule is CC(C)(C)c1csc(-c2cncs2)n1. The van der Waals surface area contributed by atoms with E-state index in [0.717, 1.165) is 15.6 Å². The van der Waals surface area contributed by atoms with Crippen molar-refractivity contribution < 1.29 is 0 Å². The van der Waals surface area contributed by atoms with Crippen LogP contribution in [0.25, 0.3) is 9.88 Å². The molecular weight excluding hydrogens is 212 g/mol. The Morgan fingerprint density at radius 3 is 2.50 bits per heavy atom. The molecule has 4 heteroatoms. The van der Waals surface area contributed by atoms with E-state index in [1.54, 1.807) is 22.7 Å². The van der Waals surface area contributed by atoms with E-state index in [2.05, 4.69) is 36.1 Å². The van der Waals surface area contributed by atoms with Crippen LogP contribution in [0, 0.1) is 0 Å². The molecule has 0 atom stereocenters. The summed E-state index contributed by atoms with van der Waals surface area (Å²) < 4.78 is 0. The molecular formula is C10H12N2S2. The Balaban J connectivity index is 2.36. The third kappa shape index (κ3) is 1.86. The van der Waals surface area contributed by atoms with Crippen LogP contribution in [0.3, 0.4) is 0 Å². The molecule has 0 aliphatic carbocycles. The summed E-state index contributed by atoms with van der Waals surface area (Å²) in [6.07, 6.45) is 1.87. The van der Waals surface area contributed by atoms with Gasteiger partial charge in [0.1, 0.15) is 5.01 Å². The highest BCUT2D eigenvalue weighted by atomic mass is 32.1. The maximum Gasteiger partial charge on any atom is 0.135 e. The Labute approximate surface area is 91.7 Å². The molecule has 0 fully saturated rings. The van der Waals surface area contributed by atoms with Crippen molar-refractivity contribution in [1.82, 2.24) is 9.97 Å². The molecule has 0 saturated carbocycles. The van der Waals surface area contributed by atoms with Crippen molar-refractivity contribution in [3.8, 4) is 9.88 Å². The summed E-state index contributed by atoms with van der Waals surface area (Å²) in [7, 11) is 0. The molecule has 0 radical (unpaired) electrons. The van der Waals surface area contributed by atoms with E-state index >= 15 is 0 Å². The molecule has 0 aliphatic rings. The molecule has 74 valence electrons. The second kappa shape index (κ2) is 3.44. The van der Waals surface area contributed by atoms with Crippen LogP contribution in [-0.2, 0) is 5.41 Å². The number of hydrogen-bond donors (Lipinski definition) is 0. The summed E-state index contributed by atoms with van der Waals surface area (Å²) in [5.74, 6) is 0. The van der Waals surface area contributed by atoms with Crippen molar-refractivity contribution in [2.75, 3.05) is 0 Å². The third-order valence-electron chi connectivity index (χ3n) is 1.92. The lowest BCUT2D eigenvalue weighted by Gasteiger charge is -2.13. The first-order chi connectivity index (χ1) is 6.57. The lowest BCUT2D eigenvalue weighted by Crippen LogP contribution is -2.11. The quantitative estimate of drug-likeness (QED) is 0.740. The first-order valence-corrected chi connectivity index (χ1v) is 6.18. The van der Waals surface area contributed by atoms with E-state index in [9.17, 15) is 0 Å². The van der Waals surface area contributed by atoms with Crippen molar-refractivity contribution in [1.29, 1.82) is 0 Å². The first-order valence-electron chi connectivity index (χ1n) is 4.42. The van der Waals surface area contributed by atoms with E-state index < -0.39 is 0 Å². The van der Waals surface area contributed by atoms with Gasteiger partial charge in [-0.2, -0.15) is 0 Å². The predicted octanol–water partition coefficient (Wildman–Crippen LogP) is 3.56. The first kappa shape index (κ1) is 9.80. The molecule has 2 aromatic heterocycles. The van der Waals surface area contributed by atoms with E-state index in [1.165, 1.54) is 0 Å². The second-order valence-electron chi connectivity index (χ2n) is 4.15. The van der Waals surface area contributed by atoms with Gasteiger partial charge in [-0.3, -0.25) is 4.98 Å². The molecule has 0 aromatic carbocycles. The van der Waals surface area contributed by atoms with Gasteiger partial charge < -0.3 is 0 Å². The van der Waals surface area contributed by atoms with Crippen LogP contribution in [0.1, 0.15) is 26.5 Å². The fourth-order valence-electron chi connectivity index (χ4n) is 1.05. The molecule has 2 rings (SSSR count). The van der Waals surface area contributed by atoms with Gasteiger partial charge in [0, 0.05) is 17.0 Å². The summed E-state index contributed by atoms with van der Waals surface area (Å²) >= 11 is 3.33. The maximum atomic E-state index is 4.61. The fourth-order valence-corrected chi connectivity index (χ4v) is 2.79. The van der Waals surface area contributed by atoms with E-state index in [-0.39, 0.29) is 5.41 Å². The van der Waals surface area contributed by atoms with Gasteiger partial charge in [0.2, 0.25) is 0 Å². The fraction of sp³-hybridized carbons (Fsp3) is 0.400. The van der Waals surface area contributed by atoms with E-state index in [4.69, 9.17) is 0 Å². The van der Waals surface area contributed by atoms with Crippen molar-refractivity contribution >= 4 is 22.7 Å². The van der Waals surface area contributed by atoms with Gasteiger partial charge in [-0.05, 0) is 0 Å². The lowest BCUT2D eigenvalue weighted by atomic mass is 9.93. The summed E-state index contributed by atoms with van der Waals surface area (Å²) in [5, 5.41) is 3.21. The molecule has 0 spiro atoms.